The largest absolute Gasteiger partial charge is 0.336 e. The fourth-order valence-electron chi connectivity index (χ4n) is 5.76. The molecule has 0 bridgehead atoms. The summed E-state index contributed by atoms with van der Waals surface area (Å²) < 4.78 is 2.09. The molecule has 0 fully saturated rings. The van der Waals surface area contributed by atoms with Crippen molar-refractivity contribution in [3.63, 3.8) is 0 Å². The molecular weight excluding hydrogens is 685 g/mol. The summed E-state index contributed by atoms with van der Waals surface area (Å²) in [5.74, 6) is 0. The molecule has 1 heterocycles. The second kappa shape index (κ2) is 17.6. The number of aryl methyl sites for hydroxylation is 1. The van der Waals surface area contributed by atoms with Crippen molar-refractivity contribution >= 4 is 57.3 Å². The van der Waals surface area contributed by atoms with Crippen LogP contribution in [0.2, 0.25) is 15.1 Å². The Balaban J connectivity index is 0.000000191. The van der Waals surface area contributed by atoms with Gasteiger partial charge in [0, 0.05) is 47.2 Å². The highest BCUT2D eigenvalue weighted by Crippen LogP contribution is 2.38. The molecule has 0 aliphatic carbocycles. The van der Waals surface area contributed by atoms with E-state index in [-0.39, 0.29) is 5.41 Å². The molecule has 0 N–H and O–H groups in total. The monoisotopic (exact) mass is 727 g/mol. The molecular formula is C42H44Cl3N3S. The Hall–Kier alpha value is -3.25. The van der Waals surface area contributed by atoms with Crippen molar-refractivity contribution in [1.82, 2.24) is 14.5 Å². The van der Waals surface area contributed by atoms with Gasteiger partial charge in [0.2, 0.25) is 0 Å². The van der Waals surface area contributed by atoms with Crippen LogP contribution in [0.4, 0.5) is 0 Å². The fourth-order valence-corrected chi connectivity index (χ4v) is 7.72. The summed E-state index contributed by atoms with van der Waals surface area (Å²) in [6.45, 7) is 9.55. The molecule has 254 valence electrons. The Morgan fingerprint density at radius 2 is 1.41 bits per heavy atom. The Morgan fingerprint density at radius 3 is 2.08 bits per heavy atom. The number of fused-ring (bicyclic) bond motifs is 1. The highest BCUT2D eigenvalue weighted by Gasteiger charge is 2.17. The maximum atomic E-state index is 6.35. The first-order chi connectivity index (χ1) is 23.5. The number of rotatable bonds is 11. The summed E-state index contributed by atoms with van der Waals surface area (Å²) in [5.41, 5.74) is 5.63. The van der Waals surface area contributed by atoms with Gasteiger partial charge in [0.25, 0.3) is 0 Å². The van der Waals surface area contributed by atoms with Gasteiger partial charge < -0.3 is 4.57 Å². The predicted molar refractivity (Wildman–Crippen MR) is 212 cm³/mol. The van der Waals surface area contributed by atoms with Crippen molar-refractivity contribution in [2.45, 2.75) is 68.8 Å². The van der Waals surface area contributed by atoms with Crippen LogP contribution in [0.25, 0.3) is 10.8 Å². The summed E-state index contributed by atoms with van der Waals surface area (Å²) in [4.78, 5) is 7.45. The summed E-state index contributed by atoms with van der Waals surface area (Å²) in [6, 6.07) is 37.9. The minimum atomic E-state index is 0.216. The number of imidazole rings is 1. The molecule has 49 heavy (non-hydrogen) atoms. The molecule has 1 aromatic heterocycles. The third kappa shape index (κ3) is 11.1. The lowest BCUT2D eigenvalue weighted by Crippen LogP contribution is -2.17. The van der Waals surface area contributed by atoms with E-state index in [1.165, 1.54) is 33.0 Å². The Kier molecular flexibility index (Phi) is 13.3. The lowest BCUT2D eigenvalue weighted by molar-refractivity contribution is 0.320. The molecule has 0 aliphatic heterocycles. The van der Waals surface area contributed by atoms with Crippen molar-refractivity contribution in [3.8, 4) is 0 Å². The van der Waals surface area contributed by atoms with Crippen LogP contribution in [0.1, 0.15) is 49.4 Å². The van der Waals surface area contributed by atoms with Gasteiger partial charge in [-0.15, -0.1) is 11.8 Å². The zero-order valence-corrected chi connectivity index (χ0v) is 31.7. The van der Waals surface area contributed by atoms with E-state index in [0.29, 0.717) is 15.3 Å². The van der Waals surface area contributed by atoms with Crippen molar-refractivity contribution in [2.24, 2.45) is 0 Å². The molecule has 6 aromatic rings. The summed E-state index contributed by atoms with van der Waals surface area (Å²) in [6.07, 6.45) is 7.56. The number of hydrogen-bond acceptors (Lipinski definition) is 3. The van der Waals surface area contributed by atoms with E-state index in [4.69, 9.17) is 34.8 Å². The fraction of sp³-hybridized carbons (Fsp3) is 0.262. The zero-order chi connectivity index (χ0) is 34.8. The zero-order valence-electron chi connectivity index (χ0n) is 28.6. The van der Waals surface area contributed by atoms with Crippen LogP contribution in [-0.4, -0.2) is 26.7 Å². The number of nitrogens with zero attached hydrogens (tertiary/aromatic N) is 3. The summed E-state index contributed by atoms with van der Waals surface area (Å²) in [7, 11) is 2.19. The number of aromatic nitrogens is 2. The van der Waals surface area contributed by atoms with Gasteiger partial charge in [-0.2, -0.15) is 0 Å². The second-order valence-electron chi connectivity index (χ2n) is 13.5. The van der Waals surface area contributed by atoms with Gasteiger partial charge >= 0.3 is 0 Å². The molecule has 0 amide bonds. The SMILES string of the molecule is CN(Cc1ccc(C(C)(C)C)cc1)Cc1cccc2ccccc12.Clc1ccc(CCC(Cn2ccnc2)Sc2c(Cl)cccc2Cl)cc1. The van der Waals surface area contributed by atoms with E-state index in [0.717, 1.165) is 42.4 Å². The first-order valence-corrected chi connectivity index (χ1v) is 18.6. The van der Waals surface area contributed by atoms with Crippen LogP contribution in [0.5, 0.6) is 0 Å². The van der Waals surface area contributed by atoms with Gasteiger partial charge in [-0.3, -0.25) is 4.90 Å². The van der Waals surface area contributed by atoms with E-state index in [1.54, 1.807) is 18.0 Å². The standard InChI is InChI=1S/C23H27N.C19H17Cl3N2S/c1-23(2,3)21-14-12-18(13-15-21)16-24(4)17-20-10-7-9-19-8-5-6-11-22(19)20;20-15-7-4-14(5-8-15)6-9-16(12-24-11-10-23-13-24)25-19-17(21)2-1-3-18(19)22/h5-15H,16-17H2,1-4H3;1-5,7-8,10-11,13,16H,6,9,12H2. The number of benzene rings is 5. The van der Waals surface area contributed by atoms with E-state index in [9.17, 15) is 0 Å². The number of halogens is 3. The minimum Gasteiger partial charge on any atom is -0.336 e. The second-order valence-corrected chi connectivity index (χ2v) is 16.0. The van der Waals surface area contributed by atoms with Crippen molar-refractivity contribution < 1.29 is 0 Å². The predicted octanol–water partition coefficient (Wildman–Crippen LogP) is 12.4. The van der Waals surface area contributed by atoms with Crippen LogP contribution < -0.4 is 0 Å². The first kappa shape index (κ1) is 37.0. The minimum absolute atomic E-state index is 0.216. The lowest BCUT2D eigenvalue weighted by atomic mass is 9.87. The normalized spacial score (nSPS) is 12.2. The van der Waals surface area contributed by atoms with Gasteiger partial charge in [-0.05, 0) is 82.6 Å². The van der Waals surface area contributed by atoms with Gasteiger partial charge in [0.1, 0.15) is 0 Å². The average Bonchev–Trinajstić information content (AvgIpc) is 3.59. The maximum Gasteiger partial charge on any atom is 0.0946 e. The van der Waals surface area contributed by atoms with E-state index in [2.05, 4.69) is 121 Å². The molecule has 0 saturated heterocycles. The smallest absolute Gasteiger partial charge is 0.0946 e. The van der Waals surface area contributed by atoms with Crippen molar-refractivity contribution in [3.05, 3.63) is 165 Å². The van der Waals surface area contributed by atoms with Gasteiger partial charge in [0.15, 0.2) is 0 Å². The Labute approximate surface area is 311 Å². The lowest BCUT2D eigenvalue weighted by Gasteiger charge is -2.21. The topological polar surface area (TPSA) is 21.1 Å². The molecule has 1 unspecified atom stereocenters. The van der Waals surface area contributed by atoms with Crippen molar-refractivity contribution in [1.29, 1.82) is 0 Å². The molecule has 0 radical (unpaired) electrons. The third-order valence-corrected chi connectivity index (χ3v) is 10.9. The third-order valence-electron chi connectivity index (χ3n) is 8.44. The molecule has 3 nitrogen and oxygen atoms in total. The average molecular weight is 729 g/mol. The molecule has 7 heteroatoms. The van der Waals surface area contributed by atoms with Crippen LogP contribution in [-0.2, 0) is 31.5 Å². The Bertz CT molecular complexity index is 1870. The Morgan fingerprint density at radius 1 is 0.755 bits per heavy atom. The highest BCUT2D eigenvalue weighted by atomic mass is 35.5. The van der Waals surface area contributed by atoms with Crippen LogP contribution in [0.15, 0.2) is 133 Å². The maximum absolute atomic E-state index is 6.35. The quantitative estimate of drug-likeness (QED) is 0.124. The van der Waals surface area contributed by atoms with Gasteiger partial charge in [0.05, 0.1) is 16.4 Å². The van der Waals surface area contributed by atoms with Gasteiger partial charge in [-0.25, -0.2) is 4.98 Å². The van der Waals surface area contributed by atoms with E-state index >= 15 is 0 Å². The summed E-state index contributed by atoms with van der Waals surface area (Å²) >= 11 is 20.4. The highest BCUT2D eigenvalue weighted by molar-refractivity contribution is 8.00. The molecule has 0 aliphatic rings. The van der Waals surface area contributed by atoms with E-state index in [1.807, 2.05) is 42.9 Å². The van der Waals surface area contributed by atoms with Crippen LogP contribution in [0.3, 0.4) is 0 Å². The molecule has 5 aromatic carbocycles. The molecule has 0 saturated carbocycles. The molecule has 1 atom stereocenters. The van der Waals surface area contributed by atoms with Crippen LogP contribution in [0, 0.1) is 0 Å². The molecule has 0 spiro atoms. The molecule has 6 rings (SSSR count). The first-order valence-electron chi connectivity index (χ1n) is 16.6. The van der Waals surface area contributed by atoms with Crippen molar-refractivity contribution in [2.75, 3.05) is 7.05 Å². The number of thioether (sulfide) groups is 1. The van der Waals surface area contributed by atoms with Crippen LogP contribution >= 0.6 is 46.6 Å². The van der Waals surface area contributed by atoms with Gasteiger partial charge in [-0.1, -0.05) is 141 Å². The number of hydrogen-bond donors (Lipinski definition) is 0. The van der Waals surface area contributed by atoms with E-state index < -0.39 is 0 Å². The summed E-state index contributed by atoms with van der Waals surface area (Å²) in [5, 5.41) is 5.14.